The molecule has 2 aliphatic rings. The number of hydrogen-bond acceptors (Lipinski definition) is 3. The molecule has 3 heteroatoms. The van der Waals surface area contributed by atoms with Crippen LogP contribution in [0.3, 0.4) is 0 Å². The molecule has 0 aliphatic carbocycles. The summed E-state index contributed by atoms with van der Waals surface area (Å²) in [6, 6.07) is 1.84. The Kier molecular flexibility index (Phi) is 3.57. The van der Waals surface area contributed by atoms with Gasteiger partial charge in [-0.2, -0.15) is 0 Å². The molecular weight excluding hydrogens is 200 g/mol. The third-order valence-corrected chi connectivity index (χ3v) is 4.28. The van der Waals surface area contributed by atoms with E-state index in [-0.39, 0.29) is 5.60 Å². The van der Waals surface area contributed by atoms with Gasteiger partial charge in [0.2, 0.25) is 0 Å². The van der Waals surface area contributed by atoms with Crippen molar-refractivity contribution in [2.75, 3.05) is 13.7 Å². The van der Waals surface area contributed by atoms with Gasteiger partial charge in [-0.15, -0.1) is 0 Å². The van der Waals surface area contributed by atoms with Crippen molar-refractivity contribution in [3.05, 3.63) is 0 Å². The van der Waals surface area contributed by atoms with Crippen LogP contribution in [0.1, 0.15) is 46.0 Å². The van der Waals surface area contributed by atoms with Gasteiger partial charge in [0.25, 0.3) is 0 Å². The Morgan fingerprint density at radius 2 is 1.81 bits per heavy atom. The molecule has 0 radical (unpaired) electrons. The number of nitrogens with two attached hydrogens (primary N) is 1. The molecule has 16 heavy (non-hydrogen) atoms. The Morgan fingerprint density at radius 1 is 1.25 bits per heavy atom. The molecule has 2 fully saturated rings. The summed E-state index contributed by atoms with van der Waals surface area (Å²) >= 11 is 0. The molecule has 2 saturated heterocycles. The smallest absolute Gasteiger partial charge is 0.0749 e. The number of hydrogen-bond donors (Lipinski definition) is 1. The van der Waals surface area contributed by atoms with Gasteiger partial charge in [0.15, 0.2) is 0 Å². The van der Waals surface area contributed by atoms with Gasteiger partial charge >= 0.3 is 0 Å². The molecule has 2 atom stereocenters. The zero-order valence-electron chi connectivity index (χ0n) is 10.9. The van der Waals surface area contributed by atoms with Gasteiger partial charge in [0, 0.05) is 31.8 Å². The summed E-state index contributed by atoms with van der Waals surface area (Å²) in [6.07, 6.45) is 6.38. The van der Waals surface area contributed by atoms with Gasteiger partial charge in [0.05, 0.1) is 5.60 Å². The van der Waals surface area contributed by atoms with Crippen LogP contribution in [-0.2, 0) is 4.74 Å². The monoisotopic (exact) mass is 226 g/mol. The van der Waals surface area contributed by atoms with Crippen molar-refractivity contribution in [1.29, 1.82) is 0 Å². The topological polar surface area (TPSA) is 38.5 Å². The standard InChI is InChI=1S/C13H26N2O/c1-13(2,16-3)9-15-11-5-4-6-12(15)8-10(14)7-11/h10-12H,4-9,14H2,1-3H3. The fourth-order valence-electron chi connectivity index (χ4n) is 3.28. The minimum Gasteiger partial charge on any atom is -0.377 e. The Hall–Kier alpha value is -0.120. The molecular formula is C13H26N2O. The number of nitrogens with zero attached hydrogens (tertiary/aromatic N) is 1. The number of ether oxygens (including phenoxy) is 1. The molecule has 3 nitrogen and oxygen atoms in total. The first-order valence-electron chi connectivity index (χ1n) is 6.58. The van der Waals surface area contributed by atoms with Crippen LogP contribution < -0.4 is 5.73 Å². The fourth-order valence-corrected chi connectivity index (χ4v) is 3.28. The van der Waals surface area contributed by atoms with Crippen LogP contribution in [0.25, 0.3) is 0 Å². The van der Waals surface area contributed by atoms with Gasteiger partial charge in [-0.05, 0) is 39.5 Å². The summed E-state index contributed by atoms with van der Waals surface area (Å²) < 4.78 is 5.56. The molecule has 0 amide bonds. The van der Waals surface area contributed by atoms with Crippen LogP contribution in [0.5, 0.6) is 0 Å². The van der Waals surface area contributed by atoms with E-state index in [4.69, 9.17) is 10.5 Å². The maximum Gasteiger partial charge on any atom is 0.0749 e. The summed E-state index contributed by atoms with van der Waals surface area (Å²) in [5.74, 6) is 0. The highest BCUT2D eigenvalue weighted by Crippen LogP contribution is 2.34. The second kappa shape index (κ2) is 4.63. The maximum atomic E-state index is 6.13. The lowest BCUT2D eigenvalue weighted by Crippen LogP contribution is -2.58. The lowest BCUT2D eigenvalue weighted by molar-refractivity contribution is -0.0580. The zero-order chi connectivity index (χ0) is 11.8. The van der Waals surface area contributed by atoms with E-state index >= 15 is 0 Å². The van der Waals surface area contributed by atoms with E-state index in [1.165, 1.54) is 32.1 Å². The van der Waals surface area contributed by atoms with Crippen molar-refractivity contribution in [1.82, 2.24) is 4.90 Å². The van der Waals surface area contributed by atoms with E-state index in [1.807, 2.05) is 7.11 Å². The van der Waals surface area contributed by atoms with E-state index in [9.17, 15) is 0 Å². The molecule has 0 aromatic heterocycles. The minimum absolute atomic E-state index is 0.0325. The summed E-state index contributed by atoms with van der Waals surface area (Å²) in [7, 11) is 1.81. The molecule has 94 valence electrons. The Bertz CT molecular complexity index is 228. The summed E-state index contributed by atoms with van der Waals surface area (Å²) in [5.41, 5.74) is 6.09. The van der Waals surface area contributed by atoms with Gasteiger partial charge in [-0.3, -0.25) is 4.90 Å². The van der Waals surface area contributed by atoms with Gasteiger partial charge in [0.1, 0.15) is 0 Å². The normalized spacial score (nSPS) is 36.4. The van der Waals surface area contributed by atoms with Gasteiger partial charge in [-0.1, -0.05) is 6.42 Å². The largest absolute Gasteiger partial charge is 0.377 e. The van der Waals surface area contributed by atoms with Gasteiger partial charge < -0.3 is 10.5 Å². The SMILES string of the molecule is COC(C)(C)CN1C2CCCC1CC(N)C2. The molecule has 2 rings (SSSR count). The summed E-state index contributed by atoms with van der Waals surface area (Å²) in [5, 5.41) is 0. The number of methoxy groups -OCH3 is 1. The third-order valence-electron chi connectivity index (χ3n) is 4.28. The van der Waals surface area contributed by atoms with E-state index in [0.717, 1.165) is 6.54 Å². The first-order valence-corrected chi connectivity index (χ1v) is 6.58. The number of rotatable bonds is 3. The Balaban J connectivity index is 2.03. The number of piperidine rings is 2. The van der Waals surface area contributed by atoms with Crippen LogP contribution in [0.15, 0.2) is 0 Å². The van der Waals surface area contributed by atoms with Crippen molar-refractivity contribution in [2.24, 2.45) is 5.73 Å². The van der Waals surface area contributed by atoms with Crippen molar-refractivity contribution in [2.45, 2.75) is 69.7 Å². The molecule has 2 unspecified atom stereocenters. The van der Waals surface area contributed by atoms with Gasteiger partial charge in [-0.25, -0.2) is 0 Å². The van der Waals surface area contributed by atoms with Crippen molar-refractivity contribution < 1.29 is 4.74 Å². The molecule has 0 aromatic rings. The highest BCUT2D eigenvalue weighted by Gasteiger charge is 2.39. The quantitative estimate of drug-likeness (QED) is 0.797. The molecule has 2 N–H and O–H groups in total. The molecule has 0 saturated carbocycles. The second-order valence-electron chi connectivity index (χ2n) is 6.11. The minimum atomic E-state index is -0.0325. The van der Waals surface area contributed by atoms with Crippen molar-refractivity contribution >= 4 is 0 Å². The van der Waals surface area contributed by atoms with Crippen LogP contribution in [-0.4, -0.2) is 42.3 Å². The van der Waals surface area contributed by atoms with Crippen molar-refractivity contribution in [3.63, 3.8) is 0 Å². The molecule has 0 aromatic carbocycles. The highest BCUT2D eigenvalue weighted by atomic mass is 16.5. The van der Waals surface area contributed by atoms with Crippen molar-refractivity contribution in [3.8, 4) is 0 Å². The molecule has 2 heterocycles. The zero-order valence-corrected chi connectivity index (χ0v) is 10.9. The Morgan fingerprint density at radius 3 is 2.31 bits per heavy atom. The predicted molar refractivity (Wildman–Crippen MR) is 66.4 cm³/mol. The van der Waals surface area contributed by atoms with Crippen LogP contribution in [0.2, 0.25) is 0 Å². The average Bonchev–Trinajstić information content (AvgIpc) is 2.19. The van der Waals surface area contributed by atoms with E-state index < -0.39 is 0 Å². The lowest BCUT2D eigenvalue weighted by atomic mass is 9.81. The fraction of sp³-hybridized carbons (Fsp3) is 1.00. The second-order valence-corrected chi connectivity index (χ2v) is 6.11. The van der Waals surface area contributed by atoms with Crippen LogP contribution >= 0.6 is 0 Å². The third kappa shape index (κ3) is 2.58. The summed E-state index contributed by atoms with van der Waals surface area (Å²) in [6.45, 7) is 5.40. The molecule has 0 spiro atoms. The predicted octanol–water partition coefficient (Wildman–Crippen LogP) is 1.76. The van der Waals surface area contributed by atoms with E-state index in [1.54, 1.807) is 0 Å². The van der Waals surface area contributed by atoms with E-state index in [2.05, 4.69) is 18.7 Å². The van der Waals surface area contributed by atoms with Crippen LogP contribution in [0.4, 0.5) is 0 Å². The maximum absolute atomic E-state index is 6.13. The highest BCUT2D eigenvalue weighted by molar-refractivity contribution is 4.95. The first-order chi connectivity index (χ1) is 7.52. The summed E-state index contributed by atoms with van der Waals surface area (Å²) in [4.78, 5) is 2.66. The lowest BCUT2D eigenvalue weighted by Gasteiger charge is -2.50. The Labute approximate surface area is 99.3 Å². The van der Waals surface area contributed by atoms with Crippen LogP contribution in [0, 0.1) is 0 Å². The molecule has 2 bridgehead atoms. The number of fused-ring (bicyclic) bond motifs is 2. The first kappa shape index (κ1) is 12.3. The average molecular weight is 226 g/mol. The van der Waals surface area contributed by atoms with E-state index in [0.29, 0.717) is 18.1 Å². The molecule has 2 aliphatic heterocycles.